The minimum atomic E-state index is -4.24. The minimum absolute atomic E-state index is 0.0155. The first-order valence-corrected chi connectivity index (χ1v) is 14.1. The van der Waals surface area contributed by atoms with E-state index in [1.165, 1.54) is 36.3 Å². The fourth-order valence-electron chi connectivity index (χ4n) is 3.92. The predicted octanol–water partition coefficient (Wildman–Crippen LogP) is 4.11. The van der Waals surface area contributed by atoms with Crippen molar-refractivity contribution in [1.82, 2.24) is 10.2 Å². The highest BCUT2D eigenvalue weighted by Crippen LogP contribution is 2.35. The third kappa shape index (κ3) is 7.21. The zero-order valence-corrected chi connectivity index (χ0v) is 23.8. The van der Waals surface area contributed by atoms with Gasteiger partial charge in [0, 0.05) is 18.1 Å². The number of halogens is 1. The van der Waals surface area contributed by atoms with Gasteiger partial charge in [-0.25, -0.2) is 8.42 Å². The molecule has 0 aliphatic rings. The topological polar surface area (TPSA) is 105 Å². The molecule has 9 nitrogen and oxygen atoms in total. The molecular formula is C28H32ClN3O6S. The summed E-state index contributed by atoms with van der Waals surface area (Å²) < 4.78 is 39.3. The van der Waals surface area contributed by atoms with E-state index in [4.69, 9.17) is 21.1 Å². The van der Waals surface area contributed by atoms with Gasteiger partial charge in [0.1, 0.15) is 24.1 Å². The number of hydrogen-bond donors (Lipinski definition) is 1. The number of sulfonamides is 1. The number of methoxy groups -OCH3 is 2. The molecule has 3 aromatic rings. The van der Waals surface area contributed by atoms with Crippen molar-refractivity contribution in [1.29, 1.82) is 0 Å². The third-order valence-electron chi connectivity index (χ3n) is 6.05. The Kier molecular flexibility index (Phi) is 10.2. The number of benzene rings is 3. The molecule has 0 heterocycles. The zero-order valence-electron chi connectivity index (χ0n) is 22.3. The van der Waals surface area contributed by atoms with E-state index >= 15 is 0 Å². The lowest BCUT2D eigenvalue weighted by Crippen LogP contribution is -2.51. The van der Waals surface area contributed by atoms with E-state index in [1.807, 2.05) is 0 Å². The van der Waals surface area contributed by atoms with Crippen LogP contribution < -0.4 is 19.1 Å². The first kappa shape index (κ1) is 29.8. The summed E-state index contributed by atoms with van der Waals surface area (Å²) in [7, 11) is -1.29. The van der Waals surface area contributed by atoms with Gasteiger partial charge in [0.15, 0.2) is 0 Å². The minimum Gasteiger partial charge on any atom is -0.497 e. The number of carbonyl (C=O) groups is 2. The van der Waals surface area contributed by atoms with Gasteiger partial charge in [-0.2, -0.15) is 0 Å². The molecule has 0 spiro atoms. The maximum atomic E-state index is 13.9. The Bertz CT molecular complexity index is 1380. The molecule has 0 radical (unpaired) electrons. The molecule has 1 atom stereocenters. The summed E-state index contributed by atoms with van der Waals surface area (Å²) in [5.74, 6) is -0.102. The Morgan fingerprint density at radius 1 is 0.974 bits per heavy atom. The van der Waals surface area contributed by atoms with Gasteiger partial charge in [0.25, 0.3) is 10.0 Å². The molecule has 0 aromatic heterocycles. The number of anilines is 1. The highest BCUT2D eigenvalue weighted by Gasteiger charge is 2.33. The number of ether oxygens (including phenoxy) is 2. The van der Waals surface area contributed by atoms with Crippen LogP contribution in [0.3, 0.4) is 0 Å². The standard InChI is InChI=1S/C28H32ClN3O6S/c1-5-30-28(34)20(2)31(18-21-11-14-23(37-3)15-12-21)27(33)19-32(25-17-22(29)13-16-26(25)38-4)39(35,36)24-9-7-6-8-10-24/h6-17,20H,5,18-19H2,1-4H3,(H,30,34)/t20-/m1/s1. The smallest absolute Gasteiger partial charge is 0.264 e. The number of nitrogens with zero attached hydrogens (tertiary/aromatic N) is 2. The Balaban J connectivity index is 2.07. The number of carbonyl (C=O) groups excluding carboxylic acids is 2. The zero-order chi connectivity index (χ0) is 28.6. The monoisotopic (exact) mass is 573 g/mol. The average Bonchev–Trinajstić information content (AvgIpc) is 2.95. The molecule has 3 aromatic carbocycles. The summed E-state index contributed by atoms with van der Waals surface area (Å²) in [6, 6.07) is 18.4. The first-order valence-electron chi connectivity index (χ1n) is 12.2. The van der Waals surface area contributed by atoms with Gasteiger partial charge in [0.2, 0.25) is 11.8 Å². The van der Waals surface area contributed by atoms with E-state index < -0.39 is 28.5 Å². The van der Waals surface area contributed by atoms with Crippen molar-refractivity contribution in [3.05, 3.63) is 83.4 Å². The molecule has 0 aliphatic carbocycles. The highest BCUT2D eigenvalue weighted by atomic mass is 35.5. The van der Waals surface area contributed by atoms with Gasteiger partial charge in [-0.3, -0.25) is 13.9 Å². The molecule has 0 fully saturated rings. The number of rotatable bonds is 12. The molecule has 39 heavy (non-hydrogen) atoms. The van der Waals surface area contributed by atoms with Crippen molar-refractivity contribution in [3.8, 4) is 11.5 Å². The van der Waals surface area contributed by atoms with E-state index in [0.29, 0.717) is 12.3 Å². The summed E-state index contributed by atoms with van der Waals surface area (Å²) in [5, 5.41) is 2.99. The molecule has 0 saturated heterocycles. The van der Waals surface area contributed by atoms with E-state index in [1.54, 1.807) is 69.5 Å². The van der Waals surface area contributed by atoms with Crippen LogP contribution >= 0.6 is 11.6 Å². The van der Waals surface area contributed by atoms with Gasteiger partial charge in [0.05, 0.1) is 24.8 Å². The number of nitrogens with one attached hydrogen (secondary N) is 1. The van der Waals surface area contributed by atoms with Crippen molar-refractivity contribution in [2.45, 2.75) is 31.3 Å². The normalized spacial score (nSPS) is 11.8. The lowest BCUT2D eigenvalue weighted by molar-refractivity contribution is -0.139. The predicted molar refractivity (Wildman–Crippen MR) is 151 cm³/mol. The largest absolute Gasteiger partial charge is 0.497 e. The van der Waals surface area contributed by atoms with Crippen LogP contribution in [0.2, 0.25) is 5.02 Å². The van der Waals surface area contributed by atoms with Crippen LogP contribution in [0.25, 0.3) is 0 Å². The third-order valence-corrected chi connectivity index (χ3v) is 8.06. The fraction of sp³-hybridized carbons (Fsp3) is 0.286. The van der Waals surface area contributed by atoms with E-state index in [-0.39, 0.29) is 33.8 Å². The van der Waals surface area contributed by atoms with Crippen molar-refractivity contribution >= 4 is 39.1 Å². The Morgan fingerprint density at radius 3 is 2.23 bits per heavy atom. The van der Waals surface area contributed by atoms with Crippen molar-refractivity contribution in [2.24, 2.45) is 0 Å². The van der Waals surface area contributed by atoms with Crippen LogP contribution in [0, 0.1) is 0 Å². The quantitative estimate of drug-likeness (QED) is 0.350. The van der Waals surface area contributed by atoms with Gasteiger partial charge in [-0.05, 0) is 61.9 Å². The number of amides is 2. The van der Waals surface area contributed by atoms with Gasteiger partial charge >= 0.3 is 0 Å². The second-order valence-electron chi connectivity index (χ2n) is 8.58. The molecule has 208 valence electrons. The molecule has 0 unspecified atom stereocenters. The van der Waals surface area contributed by atoms with E-state index in [0.717, 1.165) is 9.87 Å². The van der Waals surface area contributed by atoms with Crippen molar-refractivity contribution in [3.63, 3.8) is 0 Å². The highest BCUT2D eigenvalue weighted by molar-refractivity contribution is 7.92. The second kappa shape index (κ2) is 13.3. The Hall–Kier alpha value is -3.76. The van der Waals surface area contributed by atoms with Gasteiger partial charge in [-0.1, -0.05) is 41.9 Å². The molecule has 1 N–H and O–H groups in total. The van der Waals surface area contributed by atoms with Crippen molar-refractivity contribution in [2.75, 3.05) is 31.6 Å². The lowest BCUT2D eigenvalue weighted by Gasteiger charge is -2.32. The summed E-state index contributed by atoms with van der Waals surface area (Å²) in [4.78, 5) is 28.0. The van der Waals surface area contributed by atoms with Crippen LogP contribution in [-0.4, -0.2) is 58.5 Å². The molecular weight excluding hydrogens is 542 g/mol. The molecule has 2 amide bonds. The summed E-state index contributed by atoms with van der Waals surface area (Å²) in [6.07, 6.45) is 0. The second-order valence-corrected chi connectivity index (χ2v) is 10.9. The number of likely N-dealkylation sites (N-methyl/N-ethyl adjacent to an activating group) is 1. The maximum absolute atomic E-state index is 13.9. The maximum Gasteiger partial charge on any atom is 0.264 e. The van der Waals surface area contributed by atoms with Crippen LogP contribution in [0.4, 0.5) is 5.69 Å². The van der Waals surface area contributed by atoms with Gasteiger partial charge < -0.3 is 19.7 Å². The van der Waals surface area contributed by atoms with Gasteiger partial charge in [-0.15, -0.1) is 0 Å². The summed E-state index contributed by atoms with van der Waals surface area (Å²) >= 11 is 6.24. The molecule has 0 saturated carbocycles. The van der Waals surface area contributed by atoms with Crippen LogP contribution in [0.15, 0.2) is 77.7 Å². The van der Waals surface area contributed by atoms with E-state index in [9.17, 15) is 18.0 Å². The first-order chi connectivity index (χ1) is 18.6. The molecule has 0 bridgehead atoms. The van der Waals surface area contributed by atoms with Crippen molar-refractivity contribution < 1.29 is 27.5 Å². The summed E-state index contributed by atoms with van der Waals surface area (Å²) in [5.41, 5.74) is 0.829. The summed E-state index contributed by atoms with van der Waals surface area (Å²) in [6.45, 7) is 3.21. The number of hydrogen-bond acceptors (Lipinski definition) is 6. The van der Waals surface area contributed by atoms with E-state index in [2.05, 4.69) is 5.32 Å². The molecule has 3 rings (SSSR count). The SMILES string of the molecule is CCNC(=O)[C@@H](C)N(Cc1ccc(OC)cc1)C(=O)CN(c1cc(Cl)ccc1OC)S(=O)(=O)c1ccccc1. The van der Waals surface area contributed by atoms with Crippen LogP contribution in [0.1, 0.15) is 19.4 Å². The molecule has 0 aliphatic heterocycles. The lowest BCUT2D eigenvalue weighted by atomic mass is 10.1. The van der Waals surface area contributed by atoms with Crippen LogP contribution in [-0.2, 0) is 26.2 Å². The Morgan fingerprint density at radius 2 is 1.64 bits per heavy atom. The fourth-order valence-corrected chi connectivity index (χ4v) is 5.53. The van der Waals surface area contributed by atoms with Crippen LogP contribution in [0.5, 0.6) is 11.5 Å². The average molecular weight is 574 g/mol. The molecule has 11 heteroatoms. The Labute approximate surface area is 234 Å².